The number of hydrogen-bond donors (Lipinski definition) is 1. The second-order valence-electron chi connectivity index (χ2n) is 4.67. The molecule has 0 amide bonds. The van der Waals surface area contributed by atoms with Crippen molar-refractivity contribution in [3.8, 4) is 5.75 Å². The van der Waals surface area contributed by atoms with E-state index in [4.69, 9.17) is 4.74 Å². The van der Waals surface area contributed by atoms with Crippen LogP contribution in [0.4, 0.5) is 0 Å². The van der Waals surface area contributed by atoms with E-state index >= 15 is 0 Å². The SMILES string of the molecule is CNCC(C)C(C)Cc1cc(OC)ccc1Br. The number of nitrogens with one attached hydrogen (secondary N) is 1. The molecule has 96 valence electrons. The number of methoxy groups -OCH3 is 1. The Kier molecular flexibility index (Phi) is 6.00. The Morgan fingerprint density at radius 2 is 2.00 bits per heavy atom. The smallest absolute Gasteiger partial charge is 0.119 e. The molecule has 3 heteroatoms. The minimum atomic E-state index is 0.644. The maximum atomic E-state index is 5.27. The van der Waals surface area contributed by atoms with Gasteiger partial charge in [0.15, 0.2) is 0 Å². The predicted octanol–water partition coefficient (Wildman–Crippen LogP) is 3.49. The van der Waals surface area contributed by atoms with Crippen LogP contribution in [-0.2, 0) is 6.42 Å². The molecule has 0 aliphatic rings. The molecule has 0 spiro atoms. The molecule has 0 aliphatic carbocycles. The van der Waals surface area contributed by atoms with Crippen LogP contribution in [0.25, 0.3) is 0 Å². The van der Waals surface area contributed by atoms with Crippen molar-refractivity contribution in [2.75, 3.05) is 20.7 Å². The van der Waals surface area contributed by atoms with Gasteiger partial charge in [-0.25, -0.2) is 0 Å². The third-order valence-corrected chi connectivity index (χ3v) is 4.07. The standard InChI is InChI=1S/C14H22BrNO/c1-10(11(2)9-16-3)7-12-8-13(17-4)5-6-14(12)15/h5-6,8,10-11,16H,7,9H2,1-4H3. The third kappa shape index (κ3) is 4.32. The van der Waals surface area contributed by atoms with Crippen LogP contribution >= 0.6 is 15.9 Å². The molecular formula is C14H22BrNO. The monoisotopic (exact) mass is 299 g/mol. The van der Waals surface area contributed by atoms with E-state index in [-0.39, 0.29) is 0 Å². The summed E-state index contributed by atoms with van der Waals surface area (Å²) in [6.07, 6.45) is 1.07. The first-order valence-corrected chi connectivity index (χ1v) is 6.84. The molecule has 0 radical (unpaired) electrons. The molecule has 17 heavy (non-hydrogen) atoms. The van der Waals surface area contributed by atoms with Gasteiger partial charge in [-0.1, -0.05) is 29.8 Å². The lowest BCUT2D eigenvalue weighted by Crippen LogP contribution is -2.23. The molecule has 1 rings (SSSR count). The van der Waals surface area contributed by atoms with Gasteiger partial charge in [0.1, 0.15) is 5.75 Å². The van der Waals surface area contributed by atoms with E-state index in [2.05, 4.69) is 47.2 Å². The summed E-state index contributed by atoms with van der Waals surface area (Å²) in [7, 11) is 3.71. The van der Waals surface area contributed by atoms with E-state index in [1.54, 1.807) is 7.11 Å². The highest BCUT2D eigenvalue weighted by molar-refractivity contribution is 9.10. The van der Waals surface area contributed by atoms with Gasteiger partial charge >= 0.3 is 0 Å². The molecule has 1 aromatic rings. The maximum Gasteiger partial charge on any atom is 0.119 e. The van der Waals surface area contributed by atoms with E-state index in [0.717, 1.165) is 18.7 Å². The van der Waals surface area contributed by atoms with Crippen molar-refractivity contribution in [3.05, 3.63) is 28.2 Å². The lowest BCUT2D eigenvalue weighted by Gasteiger charge is -2.20. The van der Waals surface area contributed by atoms with Gasteiger partial charge in [0.05, 0.1) is 7.11 Å². The Morgan fingerprint density at radius 3 is 2.59 bits per heavy atom. The Hall–Kier alpha value is -0.540. The van der Waals surface area contributed by atoms with Crippen molar-refractivity contribution in [1.29, 1.82) is 0 Å². The van der Waals surface area contributed by atoms with Crippen molar-refractivity contribution >= 4 is 15.9 Å². The Labute approximate surface area is 113 Å². The molecule has 2 nitrogen and oxygen atoms in total. The van der Waals surface area contributed by atoms with Crippen LogP contribution < -0.4 is 10.1 Å². The van der Waals surface area contributed by atoms with E-state index in [1.165, 1.54) is 10.0 Å². The fourth-order valence-electron chi connectivity index (χ4n) is 1.91. The van der Waals surface area contributed by atoms with E-state index in [1.807, 2.05) is 13.1 Å². The van der Waals surface area contributed by atoms with Crippen molar-refractivity contribution in [2.24, 2.45) is 11.8 Å². The van der Waals surface area contributed by atoms with Crippen LogP contribution in [0.1, 0.15) is 19.4 Å². The number of benzene rings is 1. The second kappa shape index (κ2) is 7.02. The molecular weight excluding hydrogens is 278 g/mol. The van der Waals surface area contributed by atoms with Crippen LogP contribution in [0.5, 0.6) is 5.75 Å². The Morgan fingerprint density at radius 1 is 1.29 bits per heavy atom. The van der Waals surface area contributed by atoms with Gasteiger partial charge in [-0.2, -0.15) is 0 Å². The van der Waals surface area contributed by atoms with E-state index in [9.17, 15) is 0 Å². The fourth-order valence-corrected chi connectivity index (χ4v) is 2.31. The molecule has 2 unspecified atom stereocenters. The van der Waals surface area contributed by atoms with Gasteiger partial charge in [-0.3, -0.25) is 0 Å². The summed E-state index contributed by atoms with van der Waals surface area (Å²) < 4.78 is 6.43. The minimum Gasteiger partial charge on any atom is -0.497 e. The first-order valence-electron chi connectivity index (χ1n) is 6.05. The summed E-state index contributed by atoms with van der Waals surface area (Å²) in [4.78, 5) is 0. The number of ether oxygens (including phenoxy) is 1. The number of halogens is 1. The minimum absolute atomic E-state index is 0.644. The van der Waals surface area contributed by atoms with Crippen LogP contribution in [0.3, 0.4) is 0 Å². The summed E-state index contributed by atoms with van der Waals surface area (Å²) in [6.45, 7) is 5.64. The van der Waals surface area contributed by atoms with Crippen molar-refractivity contribution in [2.45, 2.75) is 20.3 Å². The Bertz CT molecular complexity index is 354. The highest BCUT2D eigenvalue weighted by Gasteiger charge is 2.14. The van der Waals surface area contributed by atoms with Gasteiger partial charge < -0.3 is 10.1 Å². The molecule has 0 bridgehead atoms. The Balaban J connectivity index is 2.73. The van der Waals surface area contributed by atoms with Gasteiger partial charge in [0.25, 0.3) is 0 Å². The summed E-state index contributed by atoms with van der Waals surface area (Å²) in [5.74, 6) is 2.24. The fraction of sp³-hybridized carbons (Fsp3) is 0.571. The molecule has 0 heterocycles. The zero-order valence-corrected chi connectivity index (χ0v) is 12.7. The lowest BCUT2D eigenvalue weighted by atomic mass is 9.89. The van der Waals surface area contributed by atoms with E-state index in [0.29, 0.717) is 11.8 Å². The molecule has 2 atom stereocenters. The summed E-state index contributed by atoms with van der Waals surface area (Å²) in [6, 6.07) is 6.16. The first kappa shape index (κ1) is 14.5. The molecule has 0 saturated heterocycles. The van der Waals surface area contributed by atoms with Gasteiger partial charge in [0, 0.05) is 4.47 Å². The zero-order valence-electron chi connectivity index (χ0n) is 11.1. The van der Waals surface area contributed by atoms with Crippen molar-refractivity contribution < 1.29 is 4.74 Å². The quantitative estimate of drug-likeness (QED) is 0.868. The van der Waals surface area contributed by atoms with Crippen LogP contribution in [0, 0.1) is 11.8 Å². The molecule has 1 N–H and O–H groups in total. The van der Waals surface area contributed by atoms with Gasteiger partial charge in [-0.05, 0) is 55.6 Å². The molecule has 0 aliphatic heterocycles. The van der Waals surface area contributed by atoms with Gasteiger partial charge in [-0.15, -0.1) is 0 Å². The summed E-state index contributed by atoms with van der Waals surface area (Å²) in [5.41, 5.74) is 1.32. The average Bonchev–Trinajstić information content (AvgIpc) is 2.32. The zero-order chi connectivity index (χ0) is 12.8. The summed E-state index contributed by atoms with van der Waals surface area (Å²) >= 11 is 3.61. The third-order valence-electron chi connectivity index (χ3n) is 3.29. The maximum absolute atomic E-state index is 5.27. The molecule has 0 fully saturated rings. The highest BCUT2D eigenvalue weighted by Crippen LogP contribution is 2.26. The predicted molar refractivity (Wildman–Crippen MR) is 76.7 cm³/mol. The largest absolute Gasteiger partial charge is 0.497 e. The topological polar surface area (TPSA) is 21.3 Å². The van der Waals surface area contributed by atoms with Crippen LogP contribution in [-0.4, -0.2) is 20.7 Å². The lowest BCUT2D eigenvalue weighted by molar-refractivity contribution is 0.372. The summed E-state index contributed by atoms with van der Waals surface area (Å²) in [5, 5.41) is 3.23. The van der Waals surface area contributed by atoms with E-state index < -0.39 is 0 Å². The highest BCUT2D eigenvalue weighted by atomic mass is 79.9. The first-order chi connectivity index (χ1) is 8.08. The molecule has 0 aromatic heterocycles. The normalized spacial score (nSPS) is 14.4. The number of rotatable bonds is 6. The van der Waals surface area contributed by atoms with Crippen molar-refractivity contribution in [1.82, 2.24) is 5.32 Å². The molecule has 1 aromatic carbocycles. The van der Waals surface area contributed by atoms with Gasteiger partial charge in [0.2, 0.25) is 0 Å². The molecule has 0 saturated carbocycles. The van der Waals surface area contributed by atoms with Crippen molar-refractivity contribution in [3.63, 3.8) is 0 Å². The number of hydrogen-bond acceptors (Lipinski definition) is 2. The second-order valence-corrected chi connectivity index (χ2v) is 5.53. The van der Waals surface area contributed by atoms with Crippen LogP contribution in [0.2, 0.25) is 0 Å². The average molecular weight is 300 g/mol. The van der Waals surface area contributed by atoms with Crippen LogP contribution in [0.15, 0.2) is 22.7 Å².